The second-order valence-electron chi connectivity index (χ2n) is 8.14. The molecule has 146 valence electrons. The molecule has 4 aliphatic rings. The van der Waals surface area contributed by atoms with E-state index < -0.39 is 53.8 Å². The van der Waals surface area contributed by atoms with Crippen LogP contribution >= 0.6 is 0 Å². The van der Waals surface area contributed by atoms with Gasteiger partial charge in [-0.2, -0.15) is 0 Å². The summed E-state index contributed by atoms with van der Waals surface area (Å²) in [6.07, 6.45) is 2.91. The van der Waals surface area contributed by atoms with E-state index in [4.69, 9.17) is 23.7 Å². The van der Waals surface area contributed by atoms with Crippen LogP contribution in [-0.4, -0.2) is 48.4 Å². The zero-order chi connectivity index (χ0) is 18.5. The molecule has 0 radical (unpaired) electrons. The Morgan fingerprint density at radius 3 is 2.46 bits per heavy atom. The van der Waals surface area contributed by atoms with Gasteiger partial charge in [-0.05, 0) is 32.6 Å². The van der Waals surface area contributed by atoms with Crippen molar-refractivity contribution in [3.63, 3.8) is 0 Å². The van der Waals surface area contributed by atoms with E-state index in [-0.39, 0.29) is 0 Å². The third-order valence-electron chi connectivity index (χ3n) is 6.57. The third kappa shape index (κ3) is 2.75. The van der Waals surface area contributed by atoms with Crippen molar-refractivity contribution < 1.29 is 33.3 Å². The van der Waals surface area contributed by atoms with Crippen molar-refractivity contribution in [2.24, 2.45) is 5.41 Å². The maximum atomic E-state index is 12.6. The highest BCUT2D eigenvalue weighted by Gasteiger charge is 2.65. The van der Waals surface area contributed by atoms with E-state index in [2.05, 4.69) is 0 Å². The fourth-order valence-corrected chi connectivity index (χ4v) is 4.31. The van der Waals surface area contributed by atoms with Crippen LogP contribution in [0, 0.1) is 5.41 Å². The lowest BCUT2D eigenvalue weighted by Crippen LogP contribution is -2.42. The Morgan fingerprint density at radius 1 is 1.12 bits per heavy atom. The maximum absolute atomic E-state index is 12.6. The molecular formula is C19H28O7. The fraction of sp³-hybridized carbons (Fsp3) is 0.895. The van der Waals surface area contributed by atoms with Crippen LogP contribution in [0.2, 0.25) is 0 Å². The van der Waals surface area contributed by atoms with Crippen LogP contribution in [0.15, 0.2) is 0 Å². The number of rotatable bonds is 4. The highest BCUT2D eigenvalue weighted by Crippen LogP contribution is 2.48. The smallest absolute Gasteiger partial charge is 0.350 e. The normalized spacial score (nSPS) is 38.1. The predicted molar refractivity (Wildman–Crippen MR) is 88.9 cm³/mol. The summed E-state index contributed by atoms with van der Waals surface area (Å²) in [6.45, 7) is 5.71. The summed E-state index contributed by atoms with van der Waals surface area (Å²) >= 11 is 0. The summed E-state index contributed by atoms with van der Waals surface area (Å²) in [5.41, 5.74) is -0.619. The van der Waals surface area contributed by atoms with E-state index in [1.165, 1.54) is 6.42 Å². The van der Waals surface area contributed by atoms with E-state index in [9.17, 15) is 9.59 Å². The summed E-state index contributed by atoms with van der Waals surface area (Å²) in [6, 6.07) is 0. The second-order valence-corrected chi connectivity index (χ2v) is 8.14. The van der Waals surface area contributed by atoms with Gasteiger partial charge in [0.25, 0.3) is 0 Å². The molecule has 0 amide bonds. The predicted octanol–water partition coefficient (Wildman–Crippen LogP) is 2.45. The lowest BCUT2D eigenvalue weighted by atomic mass is 9.85. The number of esters is 2. The molecule has 26 heavy (non-hydrogen) atoms. The largest absolute Gasteiger partial charge is 0.454 e. The molecule has 4 fully saturated rings. The molecule has 7 nitrogen and oxygen atoms in total. The lowest BCUT2D eigenvalue weighted by molar-refractivity contribution is -0.246. The van der Waals surface area contributed by atoms with Crippen LogP contribution in [-0.2, 0) is 33.3 Å². The van der Waals surface area contributed by atoms with Crippen molar-refractivity contribution >= 4 is 11.9 Å². The molecule has 0 aromatic rings. The van der Waals surface area contributed by atoms with Gasteiger partial charge in [0.05, 0.1) is 5.41 Å². The molecular weight excluding hydrogens is 340 g/mol. The van der Waals surface area contributed by atoms with Crippen molar-refractivity contribution in [2.75, 3.05) is 0 Å². The summed E-state index contributed by atoms with van der Waals surface area (Å²) in [5.74, 6) is -1.56. The highest BCUT2D eigenvalue weighted by molar-refractivity contribution is 5.84. The molecule has 1 spiro atoms. The van der Waals surface area contributed by atoms with E-state index in [0.29, 0.717) is 12.8 Å². The molecule has 0 aromatic heterocycles. The Hall–Kier alpha value is -1.18. The molecule has 1 saturated carbocycles. The summed E-state index contributed by atoms with van der Waals surface area (Å²) in [7, 11) is 0. The van der Waals surface area contributed by atoms with Gasteiger partial charge >= 0.3 is 11.9 Å². The second kappa shape index (κ2) is 6.46. The zero-order valence-corrected chi connectivity index (χ0v) is 15.7. The molecule has 5 atom stereocenters. The van der Waals surface area contributed by atoms with E-state index in [1.807, 2.05) is 20.8 Å². The molecule has 1 unspecified atom stereocenters. The topological polar surface area (TPSA) is 80.3 Å². The van der Waals surface area contributed by atoms with Gasteiger partial charge in [0.1, 0.15) is 6.10 Å². The highest BCUT2D eigenvalue weighted by atomic mass is 16.9. The molecule has 3 heterocycles. The van der Waals surface area contributed by atoms with Crippen LogP contribution in [0.3, 0.4) is 0 Å². The first-order valence-corrected chi connectivity index (χ1v) is 9.84. The Labute approximate surface area is 153 Å². The number of fused-ring (bicyclic) bond motifs is 3. The minimum absolute atomic E-state index is 0.392. The van der Waals surface area contributed by atoms with Crippen molar-refractivity contribution in [3.05, 3.63) is 0 Å². The molecule has 0 N–H and O–H groups in total. The van der Waals surface area contributed by atoms with Gasteiger partial charge in [-0.15, -0.1) is 0 Å². The fourth-order valence-electron chi connectivity index (χ4n) is 4.31. The van der Waals surface area contributed by atoms with E-state index >= 15 is 0 Å². The zero-order valence-electron chi connectivity index (χ0n) is 15.7. The number of hydrogen-bond acceptors (Lipinski definition) is 7. The molecule has 0 bridgehead atoms. The lowest BCUT2D eigenvalue weighted by Gasteiger charge is -2.33. The van der Waals surface area contributed by atoms with E-state index in [0.717, 1.165) is 25.7 Å². The van der Waals surface area contributed by atoms with Crippen LogP contribution in [0.5, 0.6) is 0 Å². The summed E-state index contributed by atoms with van der Waals surface area (Å²) in [5, 5.41) is 0. The van der Waals surface area contributed by atoms with Gasteiger partial charge in [0.15, 0.2) is 24.3 Å². The van der Waals surface area contributed by atoms with Crippen molar-refractivity contribution in [2.45, 2.75) is 102 Å². The molecule has 3 saturated heterocycles. The summed E-state index contributed by atoms with van der Waals surface area (Å²) < 4.78 is 29.2. The standard InChI is InChI=1S/C19H28O7/c1-4-18(3,5-2)17(21)24-13-11-12(22-15(13)20)14-16(23-11)26-19(25-14)9-7-6-8-10-19/h11-14,16H,4-10H2,1-3H3/t11-,12-,13?,14+,16+/m0/s1. The number of carbonyl (C=O) groups is 2. The first kappa shape index (κ1) is 18.2. The minimum atomic E-state index is -1.05. The Bertz CT molecular complexity index is 578. The van der Waals surface area contributed by atoms with Gasteiger partial charge < -0.3 is 23.7 Å². The van der Waals surface area contributed by atoms with E-state index in [1.54, 1.807) is 0 Å². The van der Waals surface area contributed by atoms with Gasteiger partial charge in [-0.25, -0.2) is 4.79 Å². The monoisotopic (exact) mass is 368 g/mol. The van der Waals surface area contributed by atoms with Crippen molar-refractivity contribution in [1.82, 2.24) is 0 Å². The van der Waals surface area contributed by atoms with Crippen molar-refractivity contribution in [1.29, 1.82) is 0 Å². The molecule has 4 rings (SSSR count). The molecule has 3 aliphatic heterocycles. The maximum Gasteiger partial charge on any atom is 0.350 e. The van der Waals surface area contributed by atoms with Crippen LogP contribution in [0.25, 0.3) is 0 Å². The van der Waals surface area contributed by atoms with Gasteiger partial charge in [-0.3, -0.25) is 4.79 Å². The average Bonchev–Trinajstić information content (AvgIpc) is 3.24. The number of carbonyl (C=O) groups excluding carboxylic acids is 2. The molecule has 1 aliphatic carbocycles. The number of hydrogen-bond donors (Lipinski definition) is 0. The van der Waals surface area contributed by atoms with Crippen LogP contribution in [0.1, 0.15) is 65.7 Å². The molecule has 7 heteroatoms. The first-order valence-electron chi connectivity index (χ1n) is 9.84. The van der Waals surface area contributed by atoms with Gasteiger partial charge in [0.2, 0.25) is 6.10 Å². The third-order valence-corrected chi connectivity index (χ3v) is 6.57. The average molecular weight is 368 g/mol. The SMILES string of the molecule is CCC(C)(CC)C(=O)OC1C(=O)O[C@@H]2[C@H]3OC4(CCCCC4)O[C@H]3O[C@H]12. The Balaban J connectivity index is 1.45. The Kier molecular flexibility index (Phi) is 4.52. The van der Waals surface area contributed by atoms with Crippen LogP contribution < -0.4 is 0 Å². The first-order chi connectivity index (χ1) is 12.4. The molecule has 0 aromatic carbocycles. The Morgan fingerprint density at radius 2 is 1.81 bits per heavy atom. The van der Waals surface area contributed by atoms with Gasteiger partial charge in [0, 0.05) is 12.8 Å². The van der Waals surface area contributed by atoms with Crippen molar-refractivity contribution in [3.8, 4) is 0 Å². The van der Waals surface area contributed by atoms with Crippen LogP contribution in [0.4, 0.5) is 0 Å². The quantitative estimate of drug-likeness (QED) is 0.705. The van der Waals surface area contributed by atoms with Gasteiger partial charge in [-0.1, -0.05) is 20.3 Å². The minimum Gasteiger partial charge on any atom is -0.454 e. The summed E-state index contributed by atoms with van der Waals surface area (Å²) in [4.78, 5) is 24.9. The number of ether oxygens (including phenoxy) is 5.